The van der Waals surface area contributed by atoms with Crippen LogP contribution in [-0.2, 0) is 11.2 Å². The minimum atomic E-state index is -0.0257. The van der Waals surface area contributed by atoms with E-state index >= 15 is 0 Å². The Hall–Kier alpha value is -3.45. The van der Waals surface area contributed by atoms with Crippen LogP contribution in [0.15, 0.2) is 54.6 Å². The fraction of sp³-hybridized carbons (Fsp3) is 0.308. The molecule has 0 aliphatic carbocycles. The number of alkyl halides is 1. The Morgan fingerprint density at radius 3 is 2.32 bits per heavy atom. The van der Waals surface area contributed by atoms with Gasteiger partial charge in [-0.3, -0.25) is 4.79 Å². The summed E-state index contributed by atoms with van der Waals surface area (Å²) in [5, 5.41) is 5.79. The molecule has 1 fully saturated rings. The first-order valence-corrected chi connectivity index (χ1v) is 12.0. The van der Waals surface area contributed by atoms with Crippen LogP contribution in [0.2, 0.25) is 0 Å². The molecule has 7 nitrogen and oxygen atoms in total. The molecule has 174 valence electrons. The van der Waals surface area contributed by atoms with Gasteiger partial charge in [0.2, 0.25) is 5.91 Å². The molecule has 34 heavy (non-hydrogen) atoms. The van der Waals surface area contributed by atoms with Gasteiger partial charge < -0.3 is 9.80 Å². The molecule has 3 heterocycles. The zero-order valence-electron chi connectivity index (χ0n) is 19.4. The van der Waals surface area contributed by atoms with Crippen molar-refractivity contribution in [3.63, 3.8) is 0 Å². The van der Waals surface area contributed by atoms with Gasteiger partial charge in [0.05, 0.1) is 16.8 Å². The van der Waals surface area contributed by atoms with E-state index in [4.69, 9.17) is 26.7 Å². The Morgan fingerprint density at radius 2 is 1.65 bits per heavy atom. The SMILES string of the molecule is Cc1ccc(Cc2nc(N3CCN(C(=O)CCl)CC3)c3c(C)nn(-c4ccccc4)c3n2)cc1. The van der Waals surface area contributed by atoms with Crippen LogP contribution < -0.4 is 4.90 Å². The molecule has 1 amide bonds. The number of aryl methyl sites for hydroxylation is 2. The van der Waals surface area contributed by atoms with Gasteiger partial charge in [-0.15, -0.1) is 11.6 Å². The molecular weight excluding hydrogens is 448 g/mol. The summed E-state index contributed by atoms with van der Waals surface area (Å²) in [6.45, 7) is 6.71. The van der Waals surface area contributed by atoms with E-state index < -0.39 is 0 Å². The van der Waals surface area contributed by atoms with Crippen LogP contribution in [0.1, 0.15) is 22.6 Å². The fourth-order valence-corrected chi connectivity index (χ4v) is 4.57. The Bertz CT molecular complexity index is 1310. The average Bonchev–Trinajstić information content (AvgIpc) is 3.21. The number of amides is 1. The van der Waals surface area contributed by atoms with E-state index in [9.17, 15) is 4.79 Å². The molecule has 0 radical (unpaired) electrons. The highest BCUT2D eigenvalue weighted by atomic mass is 35.5. The van der Waals surface area contributed by atoms with Crippen LogP contribution >= 0.6 is 11.6 Å². The molecular formula is C26H27ClN6O. The van der Waals surface area contributed by atoms with Gasteiger partial charge in [-0.05, 0) is 31.5 Å². The van der Waals surface area contributed by atoms with Gasteiger partial charge in [-0.1, -0.05) is 48.0 Å². The summed E-state index contributed by atoms with van der Waals surface area (Å²) in [5.74, 6) is 1.62. The number of piperazine rings is 1. The number of hydrogen-bond acceptors (Lipinski definition) is 5. The molecule has 1 aliphatic heterocycles. The summed E-state index contributed by atoms with van der Waals surface area (Å²) in [4.78, 5) is 26.1. The molecule has 0 N–H and O–H groups in total. The highest BCUT2D eigenvalue weighted by Crippen LogP contribution is 2.30. The second-order valence-corrected chi connectivity index (χ2v) is 8.93. The van der Waals surface area contributed by atoms with Crippen molar-refractivity contribution < 1.29 is 4.79 Å². The third kappa shape index (κ3) is 4.35. The van der Waals surface area contributed by atoms with E-state index in [1.54, 1.807) is 0 Å². The molecule has 2 aromatic heterocycles. The summed E-state index contributed by atoms with van der Waals surface area (Å²) in [5.41, 5.74) is 5.04. The van der Waals surface area contributed by atoms with Gasteiger partial charge in [0, 0.05) is 32.6 Å². The van der Waals surface area contributed by atoms with E-state index in [1.807, 2.05) is 46.8 Å². The van der Waals surface area contributed by atoms with Crippen LogP contribution in [0.4, 0.5) is 5.82 Å². The molecule has 0 unspecified atom stereocenters. The van der Waals surface area contributed by atoms with Gasteiger partial charge in [0.1, 0.15) is 17.5 Å². The fourth-order valence-electron chi connectivity index (χ4n) is 4.40. The summed E-state index contributed by atoms with van der Waals surface area (Å²) in [6.07, 6.45) is 0.632. The maximum Gasteiger partial charge on any atom is 0.237 e. The lowest BCUT2D eigenvalue weighted by molar-refractivity contribution is -0.128. The van der Waals surface area contributed by atoms with Crippen molar-refractivity contribution in [1.29, 1.82) is 0 Å². The Balaban J connectivity index is 1.59. The summed E-state index contributed by atoms with van der Waals surface area (Å²) >= 11 is 5.77. The second-order valence-electron chi connectivity index (χ2n) is 8.66. The summed E-state index contributed by atoms with van der Waals surface area (Å²) in [7, 11) is 0. The van der Waals surface area contributed by atoms with Crippen LogP contribution in [0.3, 0.4) is 0 Å². The number of anilines is 1. The van der Waals surface area contributed by atoms with Crippen molar-refractivity contribution in [2.75, 3.05) is 37.0 Å². The monoisotopic (exact) mass is 474 g/mol. The molecule has 5 rings (SSSR count). The molecule has 4 aromatic rings. The van der Waals surface area contributed by atoms with Crippen LogP contribution in [0, 0.1) is 13.8 Å². The van der Waals surface area contributed by atoms with E-state index in [0.29, 0.717) is 32.6 Å². The van der Waals surface area contributed by atoms with Crippen molar-refractivity contribution >= 4 is 34.4 Å². The molecule has 0 atom stereocenters. The number of hydrogen-bond donors (Lipinski definition) is 0. The lowest BCUT2D eigenvalue weighted by atomic mass is 10.1. The van der Waals surface area contributed by atoms with Crippen molar-refractivity contribution in [2.24, 2.45) is 0 Å². The Labute approximate surface area is 204 Å². The largest absolute Gasteiger partial charge is 0.352 e. The number of benzene rings is 2. The number of rotatable bonds is 5. The maximum absolute atomic E-state index is 12.1. The highest BCUT2D eigenvalue weighted by Gasteiger charge is 2.26. The molecule has 0 spiro atoms. The third-order valence-electron chi connectivity index (χ3n) is 6.26. The molecule has 2 aromatic carbocycles. The number of fused-ring (bicyclic) bond motifs is 1. The molecule has 1 saturated heterocycles. The average molecular weight is 475 g/mol. The van der Waals surface area contributed by atoms with Gasteiger partial charge in [-0.25, -0.2) is 14.6 Å². The van der Waals surface area contributed by atoms with Crippen LogP contribution in [-0.4, -0.2) is 62.6 Å². The van der Waals surface area contributed by atoms with Crippen LogP contribution in [0.5, 0.6) is 0 Å². The normalized spacial score (nSPS) is 14.1. The lowest BCUT2D eigenvalue weighted by Crippen LogP contribution is -2.49. The molecule has 0 bridgehead atoms. The zero-order chi connectivity index (χ0) is 23.7. The van der Waals surface area contributed by atoms with Crippen molar-refractivity contribution in [1.82, 2.24) is 24.6 Å². The van der Waals surface area contributed by atoms with Gasteiger partial charge in [0.15, 0.2) is 5.65 Å². The lowest BCUT2D eigenvalue weighted by Gasteiger charge is -2.35. The minimum absolute atomic E-state index is 0.0153. The number of nitrogens with zero attached hydrogens (tertiary/aromatic N) is 6. The van der Waals surface area contributed by atoms with Crippen molar-refractivity contribution in [2.45, 2.75) is 20.3 Å². The van der Waals surface area contributed by atoms with E-state index in [0.717, 1.165) is 39.6 Å². The van der Waals surface area contributed by atoms with Gasteiger partial charge in [0.25, 0.3) is 0 Å². The summed E-state index contributed by atoms with van der Waals surface area (Å²) in [6, 6.07) is 18.5. The Kier molecular flexibility index (Phi) is 6.20. The zero-order valence-corrected chi connectivity index (χ0v) is 20.2. The van der Waals surface area contributed by atoms with Crippen molar-refractivity contribution in [3.05, 3.63) is 77.2 Å². The number of carbonyl (C=O) groups excluding carboxylic acids is 1. The van der Waals surface area contributed by atoms with Gasteiger partial charge >= 0.3 is 0 Å². The first kappa shape index (κ1) is 22.3. The minimum Gasteiger partial charge on any atom is -0.352 e. The molecule has 0 saturated carbocycles. The first-order chi connectivity index (χ1) is 16.5. The quantitative estimate of drug-likeness (QED) is 0.410. The van der Waals surface area contributed by atoms with E-state index in [-0.39, 0.29) is 11.8 Å². The first-order valence-electron chi connectivity index (χ1n) is 11.5. The number of aromatic nitrogens is 4. The molecule has 1 aliphatic rings. The highest BCUT2D eigenvalue weighted by molar-refractivity contribution is 6.27. The second kappa shape index (κ2) is 9.43. The molecule has 8 heteroatoms. The predicted octanol–water partition coefficient (Wildman–Crippen LogP) is 3.91. The third-order valence-corrected chi connectivity index (χ3v) is 6.49. The Morgan fingerprint density at radius 1 is 0.941 bits per heavy atom. The smallest absolute Gasteiger partial charge is 0.237 e. The van der Waals surface area contributed by atoms with Crippen molar-refractivity contribution in [3.8, 4) is 5.69 Å². The van der Waals surface area contributed by atoms with Gasteiger partial charge in [-0.2, -0.15) is 5.10 Å². The van der Waals surface area contributed by atoms with Crippen LogP contribution in [0.25, 0.3) is 16.7 Å². The van der Waals surface area contributed by atoms with E-state index in [2.05, 4.69) is 36.1 Å². The number of para-hydroxylation sites is 1. The number of carbonyl (C=O) groups is 1. The summed E-state index contributed by atoms with van der Waals surface area (Å²) < 4.78 is 1.90. The maximum atomic E-state index is 12.1. The van der Waals surface area contributed by atoms with E-state index in [1.165, 1.54) is 5.56 Å². The topological polar surface area (TPSA) is 67.2 Å². The standard InChI is InChI=1S/C26H27ClN6O/c1-18-8-10-20(11-9-18)16-22-28-25(32-14-12-31(13-15-32)23(34)17-27)24-19(2)30-33(26(24)29-22)21-6-4-3-5-7-21/h3-11H,12-17H2,1-2H3. The number of halogens is 1. The predicted molar refractivity (Wildman–Crippen MR) is 135 cm³/mol.